The zero-order valence-corrected chi connectivity index (χ0v) is 11.1. The Morgan fingerprint density at radius 1 is 1.26 bits per heavy atom. The van der Waals surface area contributed by atoms with Crippen LogP contribution in [0.25, 0.3) is 0 Å². The SMILES string of the molecule is CC(C)(CO)N[C@@H](CC(=O)c1ccccc1)C(=O)O. The molecule has 1 rings (SSSR count). The molecule has 1 aromatic carbocycles. The fourth-order valence-corrected chi connectivity index (χ4v) is 1.64. The van der Waals surface area contributed by atoms with E-state index in [0.29, 0.717) is 5.56 Å². The van der Waals surface area contributed by atoms with Gasteiger partial charge in [-0.25, -0.2) is 0 Å². The summed E-state index contributed by atoms with van der Waals surface area (Å²) in [6.07, 6.45) is -0.150. The summed E-state index contributed by atoms with van der Waals surface area (Å²) in [6, 6.07) is 7.53. The summed E-state index contributed by atoms with van der Waals surface area (Å²) in [5.41, 5.74) is -0.266. The van der Waals surface area contributed by atoms with E-state index in [1.54, 1.807) is 44.2 Å². The molecule has 1 atom stereocenters. The number of carbonyl (C=O) groups excluding carboxylic acids is 1. The van der Waals surface area contributed by atoms with Crippen molar-refractivity contribution in [3.05, 3.63) is 35.9 Å². The van der Waals surface area contributed by atoms with Crippen molar-refractivity contribution in [2.45, 2.75) is 31.8 Å². The van der Waals surface area contributed by atoms with E-state index < -0.39 is 17.6 Å². The van der Waals surface area contributed by atoms with Gasteiger partial charge in [0.05, 0.1) is 6.61 Å². The minimum atomic E-state index is -1.11. The molecule has 0 heterocycles. The van der Waals surface area contributed by atoms with Crippen LogP contribution in [-0.4, -0.2) is 40.2 Å². The van der Waals surface area contributed by atoms with Gasteiger partial charge in [0.25, 0.3) is 0 Å². The maximum atomic E-state index is 12.0. The molecular weight excluding hydrogens is 246 g/mol. The van der Waals surface area contributed by atoms with E-state index >= 15 is 0 Å². The minimum Gasteiger partial charge on any atom is -0.480 e. The summed E-state index contributed by atoms with van der Waals surface area (Å²) in [4.78, 5) is 23.1. The zero-order chi connectivity index (χ0) is 14.5. The van der Waals surface area contributed by atoms with Crippen molar-refractivity contribution in [1.82, 2.24) is 5.32 Å². The number of hydrogen-bond acceptors (Lipinski definition) is 4. The van der Waals surface area contributed by atoms with Gasteiger partial charge in [-0.1, -0.05) is 30.3 Å². The van der Waals surface area contributed by atoms with Crippen molar-refractivity contribution < 1.29 is 19.8 Å². The maximum absolute atomic E-state index is 12.0. The predicted octanol–water partition coefficient (Wildman–Crippen LogP) is 1.07. The van der Waals surface area contributed by atoms with Crippen LogP contribution in [0.2, 0.25) is 0 Å². The van der Waals surface area contributed by atoms with Crippen LogP contribution < -0.4 is 5.32 Å². The summed E-state index contributed by atoms with van der Waals surface area (Å²) in [7, 11) is 0. The van der Waals surface area contributed by atoms with E-state index in [-0.39, 0.29) is 18.8 Å². The Balaban J connectivity index is 2.75. The highest BCUT2D eigenvalue weighted by Gasteiger charge is 2.28. The molecule has 0 aromatic heterocycles. The van der Waals surface area contributed by atoms with E-state index in [0.717, 1.165) is 0 Å². The molecule has 0 aliphatic carbocycles. The molecule has 0 unspecified atom stereocenters. The van der Waals surface area contributed by atoms with Crippen molar-refractivity contribution in [3.8, 4) is 0 Å². The number of ketones is 1. The van der Waals surface area contributed by atoms with Crippen LogP contribution in [0.3, 0.4) is 0 Å². The number of hydrogen-bond donors (Lipinski definition) is 3. The van der Waals surface area contributed by atoms with Crippen LogP contribution in [0.5, 0.6) is 0 Å². The van der Waals surface area contributed by atoms with Gasteiger partial charge in [0, 0.05) is 17.5 Å². The third kappa shape index (κ3) is 4.81. The van der Waals surface area contributed by atoms with Crippen molar-refractivity contribution in [2.75, 3.05) is 6.61 Å². The maximum Gasteiger partial charge on any atom is 0.321 e. The van der Waals surface area contributed by atoms with Gasteiger partial charge < -0.3 is 10.2 Å². The molecule has 5 nitrogen and oxygen atoms in total. The van der Waals surface area contributed by atoms with Gasteiger partial charge in [-0.15, -0.1) is 0 Å². The molecule has 0 radical (unpaired) electrons. The van der Waals surface area contributed by atoms with E-state index in [1.807, 2.05) is 0 Å². The van der Waals surface area contributed by atoms with Crippen molar-refractivity contribution in [2.24, 2.45) is 0 Å². The normalized spacial score (nSPS) is 13.0. The first kappa shape index (κ1) is 15.3. The molecule has 0 aliphatic rings. The van der Waals surface area contributed by atoms with Crippen LogP contribution in [0.4, 0.5) is 0 Å². The average molecular weight is 265 g/mol. The van der Waals surface area contributed by atoms with E-state index in [4.69, 9.17) is 10.2 Å². The third-order valence-corrected chi connectivity index (χ3v) is 2.74. The topological polar surface area (TPSA) is 86.6 Å². The Morgan fingerprint density at radius 3 is 2.32 bits per heavy atom. The monoisotopic (exact) mass is 265 g/mol. The van der Waals surface area contributed by atoms with E-state index in [9.17, 15) is 9.59 Å². The quantitative estimate of drug-likeness (QED) is 0.642. The first-order valence-corrected chi connectivity index (χ1v) is 6.05. The number of benzene rings is 1. The minimum absolute atomic E-state index is 0.150. The Morgan fingerprint density at radius 2 is 1.84 bits per heavy atom. The average Bonchev–Trinajstić information content (AvgIpc) is 2.38. The van der Waals surface area contributed by atoms with Gasteiger partial charge >= 0.3 is 5.97 Å². The fourth-order valence-electron chi connectivity index (χ4n) is 1.64. The Kier molecular flexibility index (Phi) is 5.20. The zero-order valence-electron chi connectivity index (χ0n) is 11.1. The molecule has 104 valence electrons. The Hall–Kier alpha value is -1.72. The van der Waals surface area contributed by atoms with Gasteiger partial charge in [0.2, 0.25) is 0 Å². The number of carboxylic acids is 1. The fraction of sp³-hybridized carbons (Fsp3) is 0.429. The molecule has 1 aromatic rings. The molecule has 19 heavy (non-hydrogen) atoms. The van der Waals surface area contributed by atoms with Crippen LogP contribution in [0.1, 0.15) is 30.6 Å². The van der Waals surface area contributed by atoms with Crippen LogP contribution in [0, 0.1) is 0 Å². The molecule has 0 saturated carbocycles. The lowest BCUT2D eigenvalue weighted by Crippen LogP contribution is -2.52. The van der Waals surface area contributed by atoms with Gasteiger partial charge in [-0.2, -0.15) is 0 Å². The molecule has 0 aliphatic heterocycles. The summed E-state index contributed by atoms with van der Waals surface area (Å²) < 4.78 is 0. The highest BCUT2D eigenvalue weighted by molar-refractivity contribution is 5.98. The van der Waals surface area contributed by atoms with Crippen LogP contribution in [-0.2, 0) is 4.79 Å². The number of nitrogens with one attached hydrogen (secondary N) is 1. The van der Waals surface area contributed by atoms with E-state index in [2.05, 4.69) is 5.32 Å². The summed E-state index contributed by atoms with van der Waals surface area (Å²) in [5.74, 6) is -1.35. The highest BCUT2D eigenvalue weighted by atomic mass is 16.4. The lowest BCUT2D eigenvalue weighted by molar-refractivity contribution is -0.140. The first-order valence-electron chi connectivity index (χ1n) is 6.05. The number of aliphatic hydroxyl groups excluding tert-OH is 1. The number of rotatable bonds is 7. The lowest BCUT2D eigenvalue weighted by Gasteiger charge is -2.27. The molecule has 0 amide bonds. The number of aliphatic hydroxyl groups is 1. The molecular formula is C14H19NO4. The summed E-state index contributed by atoms with van der Waals surface area (Å²) in [6.45, 7) is 3.14. The molecule has 5 heteroatoms. The third-order valence-electron chi connectivity index (χ3n) is 2.74. The lowest BCUT2D eigenvalue weighted by atomic mass is 10.00. The molecule has 0 fully saturated rings. The van der Waals surface area contributed by atoms with Crippen molar-refractivity contribution in [3.63, 3.8) is 0 Å². The second kappa shape index (κ2) is 6.45. The standard InChI is InChI=1S/C14H19NO4/c1-14(2,9-16)15-11(13(18)19)8-12(17)10-6-4-3-5-7-10/h3-7,11,15-16H,8-9H2,1-2H3,(H,18,19)/t11-/m0/s1. The van der Waals surface area contributed by atoms with Crippen molar-refractivity contribution >= 4 is 11.8 Å². The van der Waals surface area contributed by atoms with Gasteiger partial charge in [0.1, 0.15) is 6.04 Å². The van der Waals surface area contributed by atoms with Gasteiger partial charge in [-0.3, -0.25) is 14.9 Å². The first-order chi connectivity index (χ1) is 8.85. The number of carbonyl (C=O) groups is 2. The van der Waals surface area contributed by atoms with Crippen molar-refractivity contribution in [1.29, 1.82) is 0 Å². The number of carboxylic acid groups (broad SMARTS) is 1. The Bertz CT molecular complexity index is 442. The summed E-state index contributed by atoms with van der Waals surface area (Å²) in [5, 5.41) is 21.0. The number of aliphatic carboxylic acids is 1. The van der Waals surface area contributed by atoms with E-state index in [1.165, 1.54) is 0 Å². The molecule has 0 saturated heterocycles. The molecule has 0 bridgehead atoms. The summed E-state index contributed by atoms with van der Waals surface area (Å²) >= 11 is 0. The highest BCUT2D eigenvalue weighted by Crippen LogP contribution is 2.09. The second-order valence-electron chi connectivity index (χ2n) is 5.07. The van der Waals surface area contributed by atoms with Gasteiger partial charge in [-0.05, 0) is 13.8 Å². The predicted molar refractivity (Wildman–Crippen MR) is 71.1 cm³/mol. The number of Topliss-reactive ketones (excluding diaryl/α,β-unsaturated/α-hetero) is 1. The largest absolute Gasteiger partial charge is 0.480 e. The molecule has 0 spiro atoms. The van der Waals surface area contributed by atoms with Crippen LogP contribution in [0.15, 0.2) is 30.3 Å². The van der Waals surface area contributed by atoms with Gasteiger partial charge in [0.15, 0.2) is 5.78 Å². The Labute approximate surface area is 112 Å². The molecule has 3 N–H and O–H groups in total. The smallest absolute Gasteiger partial charge is 0.321 e. The van der Waals surface area contributed by atoms with Crippen LogP contribution >= 0.6 is 0 Å². The second-order valence-corrected chi connectivity index (χ2v) is 5.07.